The fraction of sp³-hybridized carbons (Fsp3) is 0.250. The zero-order valence-electron chi connectivity index (χ0n) is 9.97. The maximum atomic E-state index is 13.2. The number of nitrogens with zero attached hydrogens (tertiary/aromatic N) is 2. The molecule has 0 bridgehead atoms. The van der Waals surface area contributed by atoms with Gasteiger partial charge in [0.05, 0.1) is 20.9 Å². The van der Waals surface area contributed by atoms with Gasteiger partial charge >= 0.3 is 0 Å². The Kier molecular flexibility index (Phi) is 4.04. The van der Waals surface area contributed by atoms with E-state index in [0.29, 0.717) is 6.54 Å². The van der Waals surface area contributed by atoms with Crippen molar-refractivity contribution in [3.05, 3.63) is 39.2 Å². The Morgan fingerprint density at radius 2 is 2.22 bits per heavy atom. The molecule has 2 aromatic rings. The summed E-state index contributed by atoms with van der Waals surface area (Å²) < 4.78 is 15.8. The Labute approximate surface area is 118 Å². The van der Waals surface area contributed by atoms with E-state index < -0.39 is 5.82 Å². The molecule has 0 radical (unpaired) electrons. The number of hydrogen-bond donors (Lipinski definition) is 1. The van der Waals surface area contributed by atoms with Gasteiger partial charge in [-0.15, -0.1) is 0 Å². The van der Waals surface area contributed by atoms with E-state index >= 15 is 0 Å². The smallest absolute Gasteiger partial charge is 0.141 e. The number of aryl methyl sites for hydroxylation is 1. The summed E-state index contributed by atoms with van der Waals surface area (Å²) in [6.45, 7) is 0.656. The van der Waals surface area contributed by atoms with Gasteiger partial charge in [-0.3, -0.25) is 4.68 Å². The molecule has 18 heavy (non-hydrogen) atoms. The minimum atomic E-state index is -0.422. The molecule has 96 valence electrons. The van der Waals surface area contributed by atoms with Crippen molar-refractivity contribution in [1.82, 2.24) is 15.1 Å². The molecule has 6 heteroatoms. The number of benzene rings is 1. The van der Waals surface area contributed by atoms with Crippen LogP contribution >= 0.6 is 27.5 Å². The predicted octanol–water partition coefficient (Wildman–Crippen LogP) is 3.36. The highest BCUT2D eigenvalue weighted by molar-refractivity contribution is 9.10. The standard InChI is InChI=1S/C12H12BrClFN3/c1-16-6-10-11(13)12(18(2)17-10)7-3-4-9(15)8(14)5-7/h3-5,16H,6H2,1-2H3. The highest BCUT2D eigenvalue weighted by Crippen LogP contribution is 2.32. The second kappa shape index (κ2) is 5.38. The van der Waals surface area contributed by atoms with E-state index in [-0.39, 0.29) is 5.02 Å². The van der Waals surface area contributed by atoms with Gasteiger partial charge in [0.15, 0.2) is 0 Å². The number of rotatable bonds is 3. The van der Waals surface area contributed by atoms with Crippen LogP contribution in [0.2, 0.25) is 5.02 Å². The Balaban J connectivity index is 2.53. The van der Waals surface area contributed by atoms with Crippen molar-refractivity contribution in [2.24, 2.45) is 7.05 Å². The molecule has 0 aliphatic heterocycles. The predicted molar refractivity (Wildman–Crippen MR) is 74.1 cm³/mol. The van der Waals surface area contributed by atoms with Crippen LogP contribution in [-0.2, 0) is 13.6 Å². The second-order valence-corrected chi connectivity index (χ2v) is 5.09. The van der Waals surface area contributed by atoms with Gasteiger partial charge in [-0.05, 0) is 41.2 Å². The van der Waals surface area contributed by atoms with E-state index in [1.807, 2.05) is 14.1 Å². The molecule has 0 atom stereocenters. The van der Waals surface area contributed by atoms with Crippen LogP contribution in [0, 0.1) is 5.82 Å². The first-order chi connectivity index (χ1) is 8.54. The van der Waals surface area contributed by atoms with Crippen LogP contribution in [0.4, 0.5) is 4.39 Å². The third-order valence-electron chi connectivity index (χ3n) is 2.59. The van der Waals surface area contributed by atoms with E-state index in [1.54, 1.807) is 16.8 Å². The van der Waals surface area contributed by atoms with Crippen molar-refractivity contribution in [3.63, 3.8) is 0 Å². The van der Waals surface area contributed by atoms with Crippen molar-refractivity contribution >= 4 is 27.5 Å². The summed E-state index contributed by atoms with van der Waals surface area (Å²) in [7, 11) is 3.70. The van der Waals surface area contributed by atoms with E-state index in [4.69, 9.17) is 11.6 Å². The average molecular weight is 333 g/mol. The molecule has 1 heterocycles. The molecule has 0 saturated heterocycles. The fourth-order valence-corrected chi connectivity index (χ4v) is 2.68. The van der Waals surface area contributed by atoms with Gasteiger partial charge in [-0.1, -0.05) is 11.6 Å². The zero-order valence-corrected chi connectivity index (χ0v) is 12.3. The highest BCUT2D eigenvalue weighted by atomic mass is 79.9. The molecule has 1 aromatic carbocycles. The molecule has 1 aromatic heterocycles. The summed E-state index contributed by atoms with van der Waals surface area (Å²) in [5.74, 6) is -0.422. The quantitative estimate of drug-likeness (QED) is 0.934. The SMILES string of the molecule is CNCc1nn(C)c(-c2ccc(F)c(Cl)c2)c1Br. The lowest BCUT2D eigenvalue weighted by Gasteiger charge is -2.04. The number of hydrogen-bond acceptors (Lipinski definition) is 2. The Bertz CT molecular complexity index is 583. The number of nitrogens with one attached hydrogen (secondary N) is 1. The van der Waals surface area contributed by atoms with Crippen molar-refractivity contribution in [3.8, 4) is 11.3 Å². The van der Waals surface area contributed by atoms with Crippen molar-refractivity contribution in [1.29, 1.82) is 0 Å². The monoisotopic (exact) mass is 331 g/mol. The molecule has 0 amide bonds. The van der Waals surface area contributed by atoms with Crippen LogP contribution in [0.25, 0.3) is 11.3 Å². The first-order valence-corrected chi connectivity index (χ1v) is 6.53. The molecule has 0 aliphatic carbocycles. The van der Waals surface area contributed by atoms with E-state index in [9.17, 15) is 4.39 Å². The molecule has 0 unspecified atom stereocenters. The minimum Gasteiger partial charge on any atom is -0.314 e. The summed E-state index contributed by atoms with van der Waals surface area (Å²) in [6, 6.07) is 4.64. The first kappa shape index (κ1) is 13.5. The summed E-state index contributed by atoms with van der Waals surface area (Å²) >= 11 is 9.33. The molecule has 0 aliphatic rings. The lowest BCUT2D eigenvalue weighted by Crippen LogP contribution is -2.06. The zero-order chi connectivity index (χ0) is 13.3. The molecular formula is C12H12BrClFN3. The lowest BCUT2D eigenvalue weighted by molar-refractivity contribution is 0.628. The summed E-state index contributed by atoms with van der Waals surface area (Å²) in [5.41, 5.74) is 2.60. The molecule has 1 N–H and O–H groups in total. The topological polar surface area (TPSA) is 29.9 Å². The normalized spacial score (nSPS) is 10.9. The minimum absolute atomic E-state index is 0.107. The first-order valence-electron chi connectivity index (χ1n) is 5.36. The van der Waals surface area contributed by atoms with Gasteiger partial charge in [-0.2, -0.15) is 5.10 Å². The van der Waals surface area contributed by atoms with Gasteiger partial charge < -0.3 is 5.32 Å². The molecule has 0 spiro atoms. The maximum Gasteiger partial charge on any atom is 0.141 e. The molecule has 3 nitrogen and oxygen atoms in total. The molecule has 0 saturated carbocycles. The Morgan fingerprint density at radius 1 is 1.50 bits per heavy atom. The van der Waals surface area contributed by atoms with Crippen LogP contribution in [0.1, 0.15) is 5.69 Å². The second-order valence-electron chi connectivity index (χ2n) is 3.89. The molecule has 0 fully saturated rings. The third-order valence-corrected chi connectivity index (χ3v) is 3.72. The van der Waals surface area contributed by atoms with Gasteiger partial charge in [0, 0.05) is 19.2 Å². The average Bonchev–Trinajstić information content (AvgIpc) is 2.59. The van der Waals surface area contributed by atoms with E-state index in [2.05, 4.69) is 26.3 Å². The Hall–Kier alpha value is -0.910. The van der Waals surface area contributed by atoms with Crippen LogP contribution in [-0.4, -0.2) is 16.8 Å². The summed E-state index contributed by atoms with van der Waals surface area (Å²) in [6.07, 6.45) is 0. The Morgan fingerprint density at radius 3 is 2.83 bits per heavy atom. The largest absolute Gasteiger partial charge is 0.314 e. The van der Waals surface area contributed by atoms with Crippen molar-refractivity contribution in [2.45, 2.75) is 6.54 Å². The van der Waals surface area contributed by atoms with Gasteiger partial charge in [-0.25, -0.2) is 4.39 Å². The number of halogens is 3. The van der Waals surface area contributed by atoms with E-state index in [0.717, 1.165) is 21.4 Å². The summed E-state index contributed by atoms with van der Waals surface area (Å²) in [5, 5.41) is 7.55. The lowest BCUT2D eigenvalue weighted by atomic mass is 10.1. The van der Waals surface area contributed by atoms with Crippen LogP contribution in [0.15, 0.2) is 22.7 Å². The van der Waals surface area contributed by atoms with Crippen molar-refractivity contribution < 1.29 is 4.39 Å². The molecular weight excluding hydrogens is 321 g/mol. The number of aromatic nitrogens is 2. The molecule has 2 rings (SSSR count). The van der Waals surface area contributed by atoms with Crippen LogP contribution < -0.4 is 5.32 Å². The van der Waals surface area contributed by atoms with E-state index in [1.165, 1.54) is 6.07 Å². The highest BCUT2D eigenvalue weighted by Gasteiger charge is 2.15. The fourth-order valence-electron chi connectivity index (χ4n) is 1.79. The van der Waals surface area contributed by atoms with Gasteiger partial charge in [0.25, 0.3) is 0 Å². The van der Waals surface area contributed by atoms with Gasteiger partial charge in [0.2, 0.25) is 0 Å². The summed E-state index contributed by atoms with van der Waals surface area (Å²) in [4.78, 5) is 0. The van der Waals surface area contributed by atoms with Crippen LogP contribution in [0.3, 0.4) is 0 Å². The van der Waals surface area contributed by atoms with Crippen LogP contribution in [0.5, 0.6) is 0 Å². The third kappa shape index (κ3) is 2.43. The van der Waals surface area contributed by atoms with Crippen molar-refractivity contribution in [2.75, 3.05) is 7.05 Å². The van der Waals surface area contributed by atoms with Gasteiger partial charge in [0.1, 0.15) is 5.82 Å². The maximum absolute atomic E-state index is 13.2.